The molecule has 1 saturated heterocycles. The summed E-state index contributed by atoms with van der Waals surface area (Å²) in [6, 6.07) is -0.123. The van der Waals surface area contributed by atoms with Gasteiger partial charge in [-0.15, -0.1) is 0 Å². The van der Waals surface area contributed by atoms with Gasteiger partial charge in [0, 0.05) is 12.6 Å². The molecule has 1 aliphatic rings. The summed E-state index contributed by atoms with van der Waals surface area (Å²) < 4.78 is 4.88. The topological polar surface area (TPSA) is 70.0 Å². The fraction of sp³-hybridized carbons (Fsp3) is 0.700. The number of carbonyl (C=O) groups is 1. The summed E-state index contributed by atoms with van der Waals surface area (Å²) >= 11 is 0. The second kappa shape index (κ2) is 5.72. The number of amides is 1. The molecule has 15 heavy (non-hydrogen) atoms. The molecule has 5 nitrogen and oxygen atoms in total. The minimum Gasteiger partial charge on any atom is -0.445 e. The second-order valence-electron chi connectivity index (χ2n) is 3.57. The second-order valence-corrected chi connectivity index (χ2v) is 3.57. The van der Waals surface area contributed by atoms with Crippen molar-refractivity contribution in [2.45, 2.75) is 25.0 Å². The molecule has 2 unspecified atom stereocenters. The van der Waals surface area contributed by atoms with E-state index in [1.165, 1.54) is 11.0 Å². The molecular formula is C10H17NO4. The largest absolute Gasteiger partial charge is 0.445 e. The monoisotopic (exact) mass is 215 g/mol. The zero-order chi connectivity index (χ0) is 11.3. The maximum absolute atomic E-state index is 11.5. The van der Waals surface area contributed by atoms with Crippen LogP contribution in [0.1, 0.15) is 12.8 Å². The van der Waals surface area contributed by atoms with Crippen molar-refractivity contribution >= 4 is 6.09 Å². The molecular weight excluding hydrogens is 198 g/mol. The van der Waals surface area contributed by atoms with Crippen molar-refractivity contribution in [1.82, 2.24) is 4.90 Å². The number of rotatable bonds is 4. The molecule has 0 bridgehead atoms. The van der Waals surface area contributed by atoms with Crippen molar-refractivity contribution in [2.24, 2.45) is 0 Å². The molecule has 0 saturated carbocycles. The molecule has 0 aromatic carbocycles. The number of aliphatic hydroxyl groups excluding tert-OH is 2. The number of aliphatic hydroxyl groups is 2. The van der Waals surface area contributed by atoms with Crippen LogP contribution in [-0.2, 0) is 4.74 Å². The van der Waals surface area contributed by atoms with Crippen LogP contribution in [0.15, 0.2) is 12.7 Å². The van der Waals surface area contributed by atoms with Crippen molar-refractivity contribution < 1.29 is 19.7 Å². The smallest absolute Gasteiger partial charge is 0.410 e. The Balaban J connectivity index is 2.49. The molecule has 0 radical (unpaired) electrons. The zero-order valence-corrected chi connectivity index (χ0v) is 8.63. The van der Waals surface area contributed by atoms with Gasteiger partial charge in [0.1, 0.15) is 6.61 Å². The van der Waals surface area contributed by atoms with Gasteiger partial charge in [-0.1, -0.05) is 12.7 Å². The molecule has 1 amide bonds. The molecule has 1 rings (SSSR count). The molecule has 2 N–H and O–H groups in total. The molecule has 2 atom stereocenters. The first-order chi connectivity index (χ1) is 7.19. The standard InChI is InChI=1S/C10H17NO4/c1-2-5-15-10(14)11-7-9(13)6-8(11)3-4-12/h2,8-9,12-13H,1,3-7H2. The molecule has 0 aliphatic carbocycles. The maximum atomic E-state index is 11.5. The molecule has 0 aromatic rings. The van der Waals surface area contributed by atoms with Gasteiger partial charge in [-0.2, -0.15) is 0 Å². The van der Waals surface area contributed by atoms with Gasteiger partial charge < -0.3 is 19.8 Å². The SMILES string of the molecule is C=CCOC(=O)N1CC(O)CC1CCO. The molecule has 5 heteroatoms. The normalized spacial score (nSPS) is 25.3. The van der Waals surface area contributed by atoms with Gasteiger partial charge in [0.05, 0.1) is 12.6 Å². The van der Waals surface area contributed by atoms with Crippen molar-refractivity contribution in [3.8, 4) is 0 Å². The number of likely N-dealkylation sites (tertiary alicyclic amines) is 1. The highest BCUT2D eigenvalue weighted by Gasteiger charge is 2.34. The Kier molecular flexibility index (Phi) is 4.58. The maximum Gasteiger partial charge on any atom is 0.410 e. The van der Waals surface area contributed by atoms with Crippen LogP contribution in [0.5, 0.6) is 0 Å². The van der Waals surface area contributed by atoms with Crippen LogP contribution < -0.4 is 0 Å². The van der Waals surface area contributed by atoms with E-state index < -0.39 is 12.2 Å². The molecule has 0 spiro atoms. The minimum atomic E-state index is -0.516. The first-order valence-electron chi connectivity index (χ1n) is 5.02. The predicted molar refractivity (Wildman–Crippen MR) is 54.4 cm³/mol. The number of β-amino-alcohol motifs (C(OH)–C–C–N with tert-alkyl or cyclic N) is 1. The molecule has 1 fully saturated rings. The van der Waals surface area contributed by atoms with E-state index in [4.69, 9.17) is 9.84 Å². The van der Waals surface area contributed by atoms with Crippen LogP contribution in [0.25, 0.3) is 0 Å². The third-order valence-corrected chi connectivity index (χ3v) is 2.41. The highest BCUT2D eigenvalue weighted by atomic mass is 16.6. The Labute approximate surface area is 89.0 Å². The van der Waals surface area contributed by atoms with Gasteiger partial charge in [0.15, 0.2) is 0 Å². The number of ether oxygens (including phenoxy) is 1. The van der Waals surface area contributed by atoms with E-state index in [-0.39, 0.29) is 25.8 Å². The van der Waals surface area contributed by atoms with E-state index >= 15 is 0 Å². The Bertz CT molecular complexity index is 231. The van der Waals surface area contributed by atoms with Crippen molar-refractivity contribution in [1.29, 1.82) is 0 Å². The number of hydrogen-bond donors (Lipinski definition) is 2. The lowest BCUT2D eigenvalue weighted by Gasteiger charge is -2.22. The number of carbonyl (C=O) groups excluding carboxylic acids is 1. The molecule has 0 aromatic heterocycles. The van der Waals surface area contributed by atoms with Gasteiger partial charge in [-0.05, 0) is 12.8 Å². The van der Waals surface area contributed by atoms with Crippen LogP contribution in [0.4, 0.5) is 4.79 Å². The summed E-state index contributed by atoms with van der Waals surface area (Å²) in [5, 5.41) is 18.2. The zero-order valence-electron chi connectivity index (χ0n) is 8.63. The third-order valence-electron chi connectivity index (χ3n) is 2.41. The van der Waals surface area contributed by atoms with E-state index in [2.05, 4.69) is 6.58 Å². The highest BCUT2D eigenvalue weighted by molar-refractivity contribution is 5.68. The number of nitrogens with zero attached hydrogens (tertiary/aromatic N) is 1. The van der Waals surface area contributed by atoms with Gasteiger partial charge in [0.2, 0.25) is 0 Å². The fourth-order valence-electron chi connectivity index (χ4n) is 1.75. The summed E-state index contributed by atoms with van der Waals surface area (Å²) in [4.78, 5) is 13.0. The average molecular weight is 215 g/mol. The van der Waals surface area contributed by atoms with Crippen LogP contribution in [-0.4, -0.2) is 53.1 Å². The first-order valence-corrected chi connectivity index (χ1v) is 5.02. The molecule has 1 heterocycles. The summed E-state index contributed by atoms with van der Waals surface area (Å²) in [7, 11) is 0. The van der Waals surface area contributed by atoms with Gasteiger partial charge in [-0.25, -0.2) is 4.79 Å². The molecule has 86 valence electrons. The number of hydrogen-bond acceptors (Lipinski definition) is 4. The lowest BCUT2D eigenvalue weighted by molar-refractivity contribution is 0.0979. The Morgan fingerprint density at radius 2 is 2.40 bits per heavy atom. The quantitative estimate of drug-likeness (QED) is 0.654. The Morgan fingerprint density at radius 3 is 3.00 bits per heavy atom. The lowest BCUT2D eigenvalue weighted by Crippen LogP contribution is -2.37. The molecule has 1 aliphatic heterocycles. The summed E-state index contributed by atoms with van der Waals surface area (Å²) in [6.45, 7) is 3.89. The van der Waals surface area contributed by atoms with E-state index in [9.17, 15) is 9.90 Å². The average Bonchev–Trinajstić information content (AvgIpc) is 2.57. The van der Waals surface area contributed by atoms with E-state index in [1.807, 2.05) is 0 Å². The van der Waals surface area contributed by atoms with Crippen LogP contribution in [0.2, 0.25) is 0 Å². The predicted octanol–water partition coefficient (Wildman–Crippen LogP) is 0.127. The van der Waals surface area contributed by atoms with Crippen LogP contribution >= 0.6 is 0 Å². The Morgan fingerprint density at radius 1 is 1.67 bits per heavy atom. The van der Waals surface area contributed by atoms with E-state index in [0.29, 0.717) is 12.8 Å². The first kappa shape index (κ1) is 12.0. The summed E-state index contributed by atoms with van der Waals surface area (Å²) in [5.74, 6) is 0. The van der Waals surface area contributed by atoms with Crippen LogP contribution in [0, 0.1) is 0 Å². The van der Waals surface area contributed by atoms with Crippen molar-refractivity contribution in [3.05, 3.63) is 12.7 Å². The third kappa shape index (κ3) is 3.21. The lowest BCUT2D eigenvalue weighted by atomic mass is 10.1. The van der Waals surface area contributed by atoms with E-state index in [1.54, 1.807) is 0 Å². The highest BCUT2D eigenvalue weighted by Crippen LogP contribution is 2.21. The summed E-state index contributed by atoms with van der Waals surface area (Å²) in [5.41, 5.74) is 0. The fourth-order valence-corrected chi connectivity index (χ4v) is 1.75. The van der Waals surface area contributed by atoms with Crippen molar-refractivity contribution in [2.75, 3.05) is 19.8 Å². The van der Waals surface area contributed by atoms with Crippen LogP contribution in [0.3, 0.4) is 0 Å². The van der Waals surface area contributed by atoms with E-state index in [0.717, 1.165) is 0 Å². The van der Waals surface area contributed by atoms with Gasteiger partial charge in [-0.3, -0.25) is 0 Å². The van der Waals surface area contributed by atoms with Gasteiger partial charge >= 0.3 is 6.09 Å². The summed E-state index contributed by atoms with van der Waals surface area (Å²) in [6.07, 6.45) is 1.50. The Hall–Kier alpha value is -1.07. The van der Waals surface area contributed by atoms with Gasteiger partial charge in [0.25, 0.3) is 0 Å². The van der Waals surface area contributed by atoms with Crippen molar-refractivity contribution in [3.63, 3.8) is 0 Å². The minimum absolute atomic E-state index is 0.00260.